The van der Waals surface area contributed by atoms with Gasteiger partial charge in [-0.1, -0.05) is 47.5 Å². The number of likely N-dealkylation sites (tertiary alicyclic amines) is 1. The van der Waals surface area contributed by atoms with Crippen LogP contribution in [0.3, 0.4) is 0 Å². The van der Waals surface area contributed by atoms with E-state index < -0.39 is 0 Å². The number of nitrogens with zero attached hydrogens (tertiary/aromatic N) is 2. The summed E-state index contributed by atoms with van der Waals surface area (Å²) in [4.78, 5) is 30.2. The highest BCUT2D eigenvalue weighted by Crippen LogP contribution is 2.28. The number of halogens is 1. The minimum Gasteiger partial charge on any atom is -0.379 e. The topological polar surface area (TPSA) is 61.9 Å². The van der Waals surface area contributed by atoms with E-state index in [0.717, 1.165) is 37.1 Å². The molecule has 2 aromatic carbocycles. The van der Waals surface area contributed by atoms with Crippen molar-refractivity contribution in [3.05, 3.63) is 70.2 Å². The molecule has 2 aliphatic heterocycles. The summed E-state index contributed by atoms with van der Waals surface area (Å²) < 4.78 is 5.51. The molecule has 33 heavy (non-hydrogen) atoms. The second-order valence-electron chi connectivity index (χ2n) is 8.89. The van der Waals surface area contributed by atoms with Gasteiger partial charge in [0.15, 0.2) is 0 Å². The van der Waals surface area contributed by atoms with Crippen molar-refractivity contribution < 1.29 is 14.3 Å². The third-order valence-electron chi connectivity index (χ3n) is 6.60. The fourth-order valence-electron chi connectivity index (χ4n) is 4.67. The first-order valence-electron chi connectivity index (χ1n) is 11.7. The van der Waals surface area contributed by atoms with Crippen LogP contribution in [0, 0.1) is 12.8 Å². The normalized spacial score (nSPS) is 20.3. The van der Waals surface area contributed by atoms with Gasteiger partial charge >= 0.3 is 0 Å². The lowest BCUT2D eigenvalue weighted by Crippen LogP contribution is -2.48. The molecule has 0 bridgehead atoms. The number of carbonyl (C=O) groups excluding carboxylic acids is 2. The van der Waals surface area contributed by atoms with Gasteiger partial charge in [-0.2, -0.15) is 0 Å². The van der Waals surface area contributed by atoms with Crippen LogP contribution in [0.1, 0.15) is 40.4 Å². The van der Waals surface area contributed by atoms with Crippen LogP contribution in [-0.4, -0.2) is 67.6 Å². The molecule has 0 spiro atoms. The lowest BCUT2D eigenvalue weighted by molar-refractivity contribution is -0.126. The predicted molar refractivity (Wildman–Crippen MR) is 129 cm³/mol. The SMILES string of the molecule is Cc1ccc(C(=O)N2CCCC(C(=O)NCC(c3ccccc3Cl)N3CCOCC3)C2)cc1. The molecule has 2 aliphatic rings. The number of nitrogens with one attached hydrogen (secondary N) is 1. The molecule has 2 saturated heterocycles. The molecule has 2 amide bonds. The predicted octanol–water partition coefficient (Wildman–Crippen LogP) is 3.69. The average Bonchev–Trinajstić information content (AvgIpc) is 2.86. The van der Waals surface area contributed by atoms with E-state index in [1.54, 1.807) is 0 Å². The Morgan fingerprint density at radius 3 is 2.55 bits per heavy atom. The molecule has 0 aliphatic carbocycles. The van der Waals surface area contributed by atoms with E-state index in [1.807, 2.05) is 60.4 Å². The summed E-state index contributed by atoms with van der Waals surface area (Å²) in [6.07, 6.45) is 1.62. The van der Waals surface area contributed by atoms with Crippen molar-refractivity contribution in [3.8, 4) is 0 Å². The van der Waals surface area contributed by atoms with Crippen molar-refractivity contribution in [2.75, 3.05) is 45.9 Å². The number of hydrogen-bond acceptors (Lipinski definition) is 4. The third-order valence-corrected chi connectivity index (χ3v) is 6.94. The first-order chi connectivity index (χ1) is 16.0. The minimum absolute atomic E-state index is 0.00159. The Balaban J connectivity index is 1.40. The van der Waals surface area contributed by atoms with E-state index >= 15 is 0 Å². The molecule has 7 heteroatoms. The lowest BCUT2D eigenvalue weighted by atomic mass is 9.96. The molecule has 6 nitrogen and oxygen atoms in total. The molecule has 4 rings (SSSR count). The average molecular weight is 470 g/mol. The molecule has 2 fully saturated rings. The van der Waals surface area contributed by atoms with Gasteiger partial charge in [-0.3, -0.25) is 14.5 Å². The summed E-state index contributed by atoms with van der Waals surface area (Å²) in [6.45, 7) is 6.57. The second kappa shape index (κ2) is 11.1. The fraction of sp³-hybridized carbons (Fsp3) is 0.462. The molecule has 1 N–H and O–H groups in total. The van der Waals surface area contributed by atoms with Crippen molar-refractivity contribution in [3.63, 3.8) is 0 Å². The zero-order valence-corrected chi connectivity index (χ0v) is 19.9. The third kappa shape index (κ3) is 5.94. The van der Waals surface area contributed by atoms with E-state index in [9.17, 15) is 9.59 Å². The standard InChI is InChI=1S/C26H32ClN3O3/c1-19-8-10-20(11-9-19)26(32)30-12-4-5-21(18-30)25(31)28-17-24(29-13-15-33-16-14-29)22-6-2-3-7-23(22)27/h2-3,6-11,21,24H,4-5,12-18H2,1H3,(H,28,31). The molecule has 0 saturated carbocycles. The van der Waals surface area contributed by atoms with E-state index in [-0.39, 0.29) is 23.8 Å². The number of hydrogen-bond donors (Lipinski definition) is 1. The van der Waals surface area contributed by atoms with Gasteiger partial charge in [0, 0.05) is 43.3 Å². The Bertz CT molecular complexity index is 960. The van der Waals surface area contributed by atoms with Gasteiger partial charge in [-0.15, -0.1) is 0 Å². The maximum atomic E-state index is 13.1. The zero-order valence-electron chi connectivity index (χ0n) is 19.1. The van der Waals surface area contributed by atoms with Gasteiger partial charge in [0.05, 0.1) is 25.2 Å². The molecule has 0 aromatic heterocycles. The number of carbonyl (C=O) groups is 2. The van der Waals surface area contributed by atoms with Crippen molar-refractivity contribution in [1.29, 1.82) is 0 Å². The van der Waals surface area contributed by atoms with Crippen LogP contribution in [0.5, 0.6) is 0 Å². The van der Waals surface area contributed by atoms with E-state index in [4.69, 9.17) is 16.3 Å². The van der Waals surface area contributed by atoms with Crippen molar-refractivity contribution in [2.45, 2.75) is 25.8 Å². The van der Waals surface area contributed by atoms with Gasteiger partial charge in [-0.25, -0.2) is 0 Å². The van der Waals surface area contributed by atoms with Gasteiger partial charge in [0.25, 0.3) is 5.91 Å². The Labute approximate surface area is 200 Å². The highest BCUT2D eigenvalue weighted by Gasteiger charge is 2.30. The number of amides is 2. The van der Waals surface area contributed by atoms with E-state index in [0.29, 0.717) is 43.4 Å². The highest BCUT2D eigenvalue weighted by atomic mass is 35.5. The summed E-state index contributed by atoms with van der Waals surface area (Å²) >= 11 is 6.51. The van der Waals surface area contributed by atoms with Crippen LogP contribution in [0.2, 0.25) is 5.02 Å². The molecule has 2 atom stereocenters. The molecule has 0 radical (unpaired) electrons. The number of rotatable bonds is 6. The molecule has 2 unspecified atom stereocenters. The van der Waals surface area contributed by atoms with Gasteiger partial charge in [-0.05, 0) is 43.5 Å². The van der Waals surface area contributed by atoms with Crippen molar-refractivity contribution in [1.82, 2.24) is 15.1 Å². The van der Waals surface area contributed by atoms with E-state index in [1.165, 1.54) is 0 Å². The highest BCUT2D eigenvalue weighted by molar-refractivity contribution is 6.31. The summed E-state index contributed by atoms with van der Waals surface area (Å²) in [5.41, 5.74) is 2.81. The molecular weight excluding hydrogens is 438 g/mol. The number of ether oxygens (including phenoxy) is 1. The Hall–Kier alpha value is -2.41. The van der Waals surface area contributed by atoms with Crippen LogP contribution in [0.15, 0.2) is 48.5 Å². The maximum Gasteiger partial charge on any atom is 0.253 e. The fourth-order valence-corrected chi connectivity index (χ4v) is 4.93. The first-order valence-corrected chi connectivity index (χ1v) is 12.1. The van der Waals surface area contributed by atoms with Crippen LogP contribution in [0.4, 0.5) is 0 Å². The van der Waals surface area contributed by atoms with Gasteiger partial charge in [0.2, 0.25) is 5.91 Å². The maximum absolute atomic E-state index is 13.1. The summed E-state index contributed by atoms with van der Waals surface area (Å²) in [6, 6.07) is 15.4. The molecule has 2 heterocycles. The number of benzene rings is 2. The van der Waals surface area contributed by atoms with Gasteiger partial charge in [0.1, 0.15) is 0 Å². The minimum atomic E-state index is -0.204. The second-order valence-corrected chi connectivity index (χ2v) is 9.29. The lowest BCUT2D eigenvalue weighted by Gasteiger charge is -2.36. The van der Waals surface area contributed by atoms with Crippen molar-refractivity contribution in [2.24, 2.45) is 5.92 Å². The molecule has 176 valence electrons. The van der Waals surface area contributed by atoms with Crippen LogP contribution >= 0.6 is 11.6 Å². The Morgan fingerprint density at radius 2 is 1.82 bits per heavy atom. The molecule has 2 aromatic rings. The van der Waals surface area contributed by atoms with Crippen LogP contribution in [-0.2, 0) is 9.53 Å². The molecular formula is C26H32ClN3O3. The van der Waals surface area contributed by atoms with E-state index in [2.05, 4.69) is 10.2 Å². The van der Waals surface area contributed by atoms with Gasteiger partial charge < -0.3 is 15.0 Å². The summed E-state index contributed by atoms with van der Waals surface area (Å²) in [5.74, 6) is -0.207. The van der Waals surface area contributed by atoms with Crippen LogP contribution in [0.25, 0.3) is 0 Å². The Morgan fingerprint density at radius 1 is 1.09 bits per heavy atom. The number of aryl methyl sites for hydroxylation is 1. The monoisotopic (exact) mass is 469 g/mol. The number of piperidine rings is 1. The zero-order chi connectivity index (χ0) is 23.2. The van der Waals surface area contributed by atoms with Crippen LogP contribution < -0.4 is 5.32 Å². The quantitative estimate of drug-likeness (QED) is 0.700. The summed E-state index contributed by atoms with van der Waals surface area (Å²) in [5, 5.41) is 3.87. The Kier molecular flexibility index (Phi) is 8.02. The largest absolute Gasteiger partial charge is 0.379 e. The summed E-state index contributed by atoms with van der Waals surface area (Å²) in [7, 11) is 0. The van der Waals surface area contributed by atoms with Crippen molar-refractivity contribution >= 4 is 23.4 Å². The number of morpholine rings is 1. The first kappa shape index (κ1) is 23.7. The smallest absolute Gasteiger partial charge is 0.253 e.